The van der Waals surface area contributed by atoms with Crippen molar-refractivity contribution in [2.45, 2.75) is 98.3 Å². The van der Waals surface area contributed by atoms with Crippen LogP contribution in [0.2, 0.25) is 0 Å². The molecular formula is C16H34. The predicted octanol–water partition coefficient (Wildman–Crippen LogP) is 6.34. The zero-order valence-electron chi connectivity index (χ0n) is 12.3. The van der Waals surface area contributed by atoms with Crippen LogP contribution in [-0.2, 0) is 0 Å². The van der Waals surface area contributed by atoms with Gasteiger partial charge in [0.25, 0.3) is 0 Å². The molecule has 0 bridgehead atoms. The summed E-state index contributed by atoms with van der Waals surface area (Å²) in [5.74, 6) is 0. The lowest BCUT2D eigenvalue weighted by molar-refractivity contribution is 0.291. The molecule has 0 spiro atoms. The first-order chi connectivity index (χ1) is 7.62. The highest BCUT2D eigenvalue weighted by molar-refractivity contribution is 4.67. The minimum atomic E-state index is 0.594. The van der Waals surface area contributed by atoms with E-state index < -0.39 is 0 Å². The Morgan fingerprint density at radius 2 is 1.06 bits per heavy atom. The summed E-state index contributed by atoms with van der Waals surface area (Å²) in [5, 5.41) is 0. The van der Waals surface area contributed by atoms with E-state index in [4.69, 9.17) is 0 Å². The average Bonchev–Trinajstić information content (AvgIpc) is 2.22. The van der Waals surface area contributed by atoms with Gasteiger partial charge in [-0.15, -0.1) is 0 Å². The molecule has 0 saturated carbocycles. The minimum absolute atomic E-state index is 0.594. The summed E-state index contributed by atoms with van der Waals surface area (Å²) in [4.78, 5) is 0. The van der Waals surface area contributed by atoms with Crippen molar-refractivity contribution in [1.82, 2.24) is 0 Å². The van der Waals surface area contributed by atoms with Crippen LogP contribution in [0.3, 0.4) is 0 Å². The normalized spacial score (nSPS) is 12.0. The largest absolute Gasteiger partial charge is 0.0654 e. The van der Waals surface area contributed by atoms with E-state index in [2.05, 4.69) is 27.7 Å². The maximum Gasteiger partial charge on any atom is -0.0354 e. The van der Waals surface area contributed by atoms with Gasteiger partial charge < -0.3 is 0 Å². The third kappa shape index (κ3) is 10.5. The first-order valence-electron chi connectivity index (χ1n) is 7.62. The maximum atomic E-state index is 2.43. The van der Waals surface area contributed by atoms with Gasteiger partial charge in [-0.05, 0) is 18.3 Å². The highest BCUT2D eigenvalue weighted by Gasteiger charge is 2.15. The highest BCUT2D eigenvalue weighted by atomic mass is 14.2. The van der Waals surface area contributed by atoms with Crippen LogP contribution in [0.4, 0.5) is 0 Å². The van der Waals surface area contributed by atoms with E-state index in [9.17, 15) is 0 Å². The summed E-state index contributed by atoms with van der Waals surface area (Å²) < 4.78 is 0. The fourth-order valence-corrected chi connectivity index (χ4v) is 2.54. The molecule has 0 aliphatic heterocycles. The second-order valence-electron chi connectivity index (χ2n) is 6.14. The zero-order valence-corrected chi connectivity index (χ0v) is 12.3. The van der Waals surface area contributed by atoms with Crippen molar-refractivity contribution in [3.05, 3.63) is 0 Å². The smallest absolute Gasteiger partial charge is 0.0354 e. The molecule has 0 atom stereocenters. The van der Waals surface area contributed by atoms with Gasteiger partial charge in [-0.2, -0.15) is 0 Å². The van der Waals surface area contributed by atoms with Gasteiger partial charge in [0.15, 0.2) is 0 Å². The van der Waals surface area contributed by atoms with Crippen LogP contribution in [0.15, 0.2) is 0 Å². The second-order valence-corrected chi connectivity index (χ2v) is 6.14. The lowest BCUT2D eigenvalue weighted by Gasteiger charge is -2.23. The molecule has 0 N–H and O–H groups in total. The first-order valence-corrected chi connectivity index (χ1v) is 7.62. The van der Waals surface area contributed by atoms with E-state index in [1.54, 1.807) is 0 Å². The third-order valence-corrected chi connectivity index (χ3v) is 3.63. The quantitative estimate of drug-likeness (QED) is 0.360. The molecule has 0 aromatic heterocycles. The molecule has 0 unspecified atom stereocenters. The number of unbranched alkanes of at least 4 members (excludes halogenated alkanes) is 7. The van der Waals surface area contributed by atoms with Gasteiger partial charge >= 0.3 is 0 Å². The van der Waals surface area contributed by atoms with Gasteiger partial charge in [-0.3, -0.25) is 0 Å². The van der Waals surface area contributed by atoms with Crippen molar-refractivity contribution in [2.75, 3.05) is 0 Å². The Hall–Kier alpha value is 0. The zero-order chi connectivity index (χ0) is 12.3. The van der Waals surface area contributed by atoms with E-state index in [0.717, 1.165) is 0 Å². The third-order valence-electron chi connectivity index (χ3n) is 3.63. The molecule has 98 valence electrons. The lowest BCUT2D eigenvalue weighted by Crippen LogP contribution is -2.10. The SMILES string of the molecule is CCCCCCCCCCC(C)(C)CCC. The highest BCUT2D eigenvalue weighted by Crippen LogP contribution is 2.29. The Kier molecular flexibility index (Phi) is 10.2. The van der Waals surface area contributed by atoms with E-state index in [1.807, 2.05) is 0 Å². The average molecular weight is 226 g/mol. The van der Waals surface area contributed by atoms with Crippen LogP contribution in [0, 0.1) is 5.41 Å². The molecule has 16 heavy (non-hydrogen) atoms. The summed E-state index contributed by atoms with van der Waals surface area (Å²) in [5.41, 5.74) is 0.594. The number of hydrogen-bond donors (Lipinski definition) is 0. The topological polar surface area (TPSA) is 0 Å². The molecule has 0 rings (SSSR count). The summed E-state index contributed by atoms with van der Waals surface area (Å²) in [6.45, 7) is 9.45. The molecule has 0 aromatic carbocycles. The monoisotopic (exact) mass is 226 g/mol. The van der Waals surface area contributed by atoms with Gasteiger partial charge in [0.1, 0.15) is 0 Å². The maximum absolute atomic E-state index is 2.43. The molecule has 0 aromatic rings. The predicted molar refractivity (Wildman–Crippen MR) is 75.9 cm³/mol. The Morgan fingerprint density at radius 1 is 0.562 bits per heavy atom. The van der Waals surface area contributed by atoms with Crippen LogP contribution in [-0.4, -0.2) is 0 Å². The molecule has 0 aliphatic carbocycles. The molecular weight excluding hydrogens is 192 g/mol. The Bertz CT molecular complexity index is 135. The molecule has 0 fully saturated rings. The van der Waals surface area contributed by atoms with Crippen LogP contribution in [0.1, 0.15) is 98.3 Å². The molecule has 0 heterocycles. The van der Waals surface area contributed by atoms with Crippen molar-refractivity contribution >= 4 is 0 Å². The number of hydrogen-bond acceptors (Lipinski definition) is 0. The van der Waals surface area contributed by atoms with Crippen molar-refractivity contribution in [3.63, 3.8) is 0 Å². The summed E-state index contributed by atoms with van der Waals surface area (Å²) in [6, 6.07) is 0. The first kappa shape index (κ1) is 16.0. The van der Waals surface area contributed by atoms with E-state index in [1.165, 1.54) is 70.6 Å². The van der Waals surface area contributed by atoms with Crippen molar-refractivity contribution < 1.29 is 0 Å². The van der Waals surface area contributed by atoms with Gasteiger partial charge in [0.2, 0.25) is 0 Å². The van der Waals surface area contributed by atoms with Crippen molar-refractivity contribution in [1.29, 1.82) is 0 Å². The molecule has 0 radical (unpaired) electrons. The van der Waals surface area contributed by atoms with Crippen LogP contribution >= 0.6 is 0 Å². The summed E-state index contributed by atoms with van der Waals surface area (Å²) in [6.07, 6.45) is 15.7. The fourth-order valence-electron chi connectivity index (χ4n) is 2.54. The van der Waals surface area contributed by atoms with E-state index in [0.29, 0.717) is 5.41 Å². The van der Waals surface area contributed by atoms with Crippen LogP contribution < -0.4 is 0 Å². The molecule has 0 aliphatic rings. The molecule has 0 saturated heterocycles. The Balaban J connectivity index is 3.20. The standard InChI is InChI=1S/C16H34/c1-5-7-8-9-10-11-12-13-15-16(3,4)14-6-2/h5-15H2,1-4H3. The van der Waals surface area contributed by atoms with Crippen LogP contribution in [0.5, 0.6) is 0 Å². The van der Waals surface area contributed by atoms with Gasteiger partial charge in [-0.25, -0.2) is 0 Å². The lowest BCUT2D eigenvalue weighted by atomic mass is 9.83. The molecule has 0 nitrogen and oxygen atoms in total. The Morgan fingerprint density at radius 3 is 1.56 bits per heavy atom. The van der Waals surface area contributed by atoms with Gasteiger partial charge in [0.05, 0.1) is 0 Å². The van der Waals surface area contributed by atoms with Gasteiger partial charge in [-0.1, -0.05) is 85.5 Å². The summed E-state index contributed by atoms with van der Waals surface area (Å²) in [7, 11) is 0. The second kappa shape index (κ2) is 10.2. The van der Waals surface area contributed by atoms with E-state index >= 15 is 0 Å². The summed E-state index contributed by atoms with van der Waals surface area (Å²) >= 11 is 0. The molecule has 0 heteroatoms. The fraction of sp³-hybridized carbons (Fsp3) is 1.00. The van der Waals surface area contributed by atoms with Gasteiger partial charge in [0, 0.05) is 0 Å². The van der Waals surface area contributed by atoms with Crippen molar-refractivity contribution in [3.8, 4) is 0 Å². The molecule has 0 amide bonds. The van der Waals surface area contributed by atoms with Crippen molar-refractivity contribution in [2.24, 2.45) is 5.41 Å². The number of rotatable bonds is 11. The minimum Gasteiger partial charge on any atom is -0.0654 e. The van der Waals surface area contributed by atoms with E-state index in [-0.39, 0.29) is 0 Å². The van der Waals surface area contributed by atoms with Crippen LogP contribution in [0.25, 0.3) is 0 Å². The Labute approximate surface area is 104 Å².